The van der Waals surface area contributed by atoms with Crippen molar-refractivity contribution in [2.75, 3.05) is 21.1 Å². The maximum absolute atomic E-state index is 10.1. The van der Waals surface area contributed by atoms with Gasteiger partial charge < -0.3 is 31.3 Å². The Morgan fingerprint density at radius 1 is 0.600 bits per heavy atom. The number of nitrogens with one attached hydrogen (secondary N) is 3. The molecule has 25 heavy (non-hydrogen) atoms. The summed E-state index contributed by atoms with van der Waals surface area (Å²) in [6.45, 7) is 4.11. The summed E-state index contributed by atoms with van der Waals surface area (Å²) >= 11 is 0. The number of aliphatic hydroxyl groups excluding tert-OH is 3. The molecule has 0 rings (SSSR count). The number of hydrogen-bond donors (Lipinski definition) is 6. The van der Waals surface area contributed by atoms with Crippen molar-refractivity contribution in [1.29, 1.82) is 0 Å². The normalized spacial score (nSPS) is 10.6. The molecule has 0 spiro atoms. The van der Waals surface area contributed by atoms with Crippen molar-refractivity contribution < 1.29 is 46.8 Å². The van der Waals surface area contributed by atoms with E-state index in [-0.39, 0.29) is 52.1 Å². The third-order valence-electron chi connectivity index (χ3n) is 1.79. The molecule has 6 N–H and O–H groups in total. The van der Waals surface area contributed by atoms with E-state index in [4.69, 9.17) is 15.3 Å². The van der Waals surface area contributed by atoms with E-state index in [9.17, 15) is 14.4 Å². The van der Waals surface area contributed by atoms with Crippen LogP contribution in [0.25, 0.3) is 0 Å². The Bertz CT molecular complexity index is 430. The first-order valence-electron chi connectivity index (χ1n) is 6.77. The van der Waals surface area contributed by atoms with Gasteiger partial charge in [0.2, 0.25) is 0 Å². The summed E-state index contributed by atoms with van der Waals surface area (Å²) in [7, 11) is 4.61. The van der Waals surface area contributed by atoms with E-state index in [0.29, 0.717) is 0 Å². The molecule has 0 aliphatic carbocycles. The van der Waals surface area contributed by atoms with Crippen molar-refractivity contribution in [3.63, 3.8) is 0 Å². The largest absolute Gasteiger partial charge is 0.495 e. The summed E-state index contributed by atoms with van der Waals surface area (Å²) in [4.78, 5) is 30.4. The van der Waals surface area contributed by atoms with Crippen LogP contribution in [0.4, 0.5) is 0 Å². The molecule has 0 aromatic rings. The number of aliphatic hydroxyl groups is 3. The van der Waals surface area contributed by atoms with Crippen molar-refractivity contribution in [3.8, 4) is 0 Å². The molecule has 0 saturated heterocycles. The fourth-order valence-corrected chi connectivity index (χ4v) is 0.794. The molecule has 0 aliphatic heterocycles. The minimum Gasteiger partial charge on any atom is -0.495 e. The van der Waals surface area contributed by atoms with E-state index >= 15 is 0 Å². The van der Waals surface area contributed by atoms with Gasteiger partial charge in [0.1, 0.15) is 0 Å². The third kappa shape index (κ3) is 34.1. The summed E-state index contributed by atoms with van der Waals surface area (Å²) < 4.78 is 0. The van der Waals surface area contributed by atoms with Gasteiger partial charge in [0.05, 0.1) is 0 Å². The number of carbonyl (C=O) groups is 3. The minimum atomic E-state index is -0.170. The van der Waals surface area contributed by atoms with E-state index in [1.54, 1.807) is 0 Å². The zero-order chi connectivity index (χ0) is 19.7. The van der Waals surface area contributed by atoms with Crippen LogP contribution in [0.5, 0.6) is 0 Å². The van der Waals surface area contributed by atoms with Crippen molar-refractivity contribution in [2.24, 2.45) is 0 Å². The van der Waals surface area contributed by atoms with Gasteiger partial charge in [-0.3, -0.25) is 14.4 Å². The van der Waals surface area contributed by atoms with Crippen LogP contribution in [0.15, 0.2) is 35.9 Å². The second kappa shape index (κ2) is 19.6. The van der Waals surface area contributed by atoms with Gasteiger partial charge in [0.15, 0.2) is 35.0 Å². The number of hydrogen-bond acceptors (Lipinski definition) is 9. The molecule has 0 heterocycles. The van der Waals surface area contributed by atoms with Crippen LogP contribution in [0.2, 0.25) is 0 Å². The predicted molar refractivity (Wildman–Crippen MR) is 91.4 cm³/mol. The van der Waals surface area contributed by atoms with E-state index in [1.807, 2.05) is 0 Å². The number of allylic oxidation sites excluding steroid dienone is 3. The Balaban J connectivity index is -0.000000130. The average molecular weight is 401 g/mol. The molecular formula is C15H27FeN3O6. The predicted octanol–water partition coefficient (Wildman–Crippen LogP) is 0.580. The van der Waals surface area contributed by atoms with E-state index in [1.165, 1.54) is 41.9 Å². The fourth-order valence-electron chi connectivity index (χ4n) is 0.794. The van der Waals surface area contributed by atoms with Crippen LogP contribution < -0.4 is 16.0 Å². The van der Waals surface area contributed by atoms with Gasteiger partial charge >= 0.3 is 0 Å². The SMILES string of the molecule is CNC(O)=CC(C)=O.CNC(O)=CC(C)=O.CNC(O)=CC(C)=O.[Fe]. The molecule has 10 heteroatoms. The van der Waals surface area contributed by atoms with Crippen LogP contribution >= 0.6 is 0 Å². The van der Waals surface area contributed by atoms with Crippen LogP contribution in [0.1, 0.15) is 20.8 Å². The van der Waals surface area contributed by atoms with Gasteiger partial charge in [0.25, 0.3) is 0 Å². The summed E-state index contributed by atoms with van der Waals surface area (Å²) in [5.41, 5.74) is 0. The number of rotatable bonds is 6. The molecule has 0 radical (unpaired) electrons. The molecule has 146 valence electrons. The van der Waals surface area contributed by atoms with Gasteiger partial charge in [-0.25, -0.2) is 0 Å². The summed E-state index contributed by atoms with van der Waals surface area (Å²) in [5, 5.41) is 32.8. The number of carbonyl (C=O) groups excluding carboxylic acids is 3. The summed E-state index contributed by atoms with van der Waals surface area (Å²) in [6.07, 6.45) is 3.33. The average Bonchev–Trinajstić information content (AvgIpc) is 2.46. The van der Waals surface area contributed by atoms with Gasteiger partial charge in [-0.1, -0.05) is 0 Å². The Kier molecular flexibility index (Phi) is 23.9. The maximum Gasteiger partial charge on any atom is 0.187 e. The molecule has 0 amide bonds. The first kappa shape index (κ1) is 30.4. The third-order valence-corrected chi connectivity index (χ3v) is 1.79. The minimum absolute atomic E-state index is 0. The van der Waals surface area contributed by atoms with Crippen LogP contribution in [-0.2, 0) is 31.5 Å². The molecule has 0 aromatic carbocycles. The molecule has 0 fully saturated rings. The van der Waals surface area contributed by atoms with Gasteiger partial charge in [-0.2, -0.15) is 0 Å². The second-order valence-corrected chi connectivity index (χ2v) is 4.17. The maximum atomic E-state index is 10.1. The van der Waals surface area contributed by atoms with Gasteiger partial charge in [-0.15, -0.1) is 0 Å². The topological polar surface area (TPSA) is 148 Å². The Morgan fingerprint density at radius 3 is 0.800 bits per heavy atom. The Hall–Kier alpha value is -2.45. The molecule has 0 aromatic heterocycles. The zero-order valence-electron chi connectivity index (χ0n) is 15.2. The van der Waals surface area contributed by atoms with E-state index in [0.717, 1.165) is 18.2 Å². The van der Waals surface area contributed by atoms with Crippen LogP contribution in [0.3, 0.4) is 0 Å². The monoisotopic (exact) mass is 401 g/mol. The molecule has 0 unspecified atom stereocenters. The molecule has 9 nitrogen and oxygen atoms in total. The first-order valence-corrected chi connectivity index (χ1v) is 6.77. The molecule has 0 saturated carbocycles. The van der Waals surface area contributed by atoms with E-state index in [2.05, 4.69) is 16.0 Å². The van der Waals surface area contributed by atoms with Crippen molar-refractivity contribution in [1.82, 2.24) is 16.0 Å². The fraction of sp³-hybridized carbons (Fsp3) is 0.400. The Labute approximate surface area is 158 Å². The second-order valence-electron chi connectivity index (χ2n) is 4.17. The summed E-state index contributed by atoms with van der Waals surface area (Å²) in [5.74, 6) is -0.807. The quantitative estimate of drug-likeness (QED) is 0.214. The van der Waals surface area contributed by atoms with Crippen LogP contribution in [0, 0.1) is 0 Å². The van der Waals surface area contributed by atoms with E-state index < -0.39 is 0 Å². The first-order chi connectivity index (χ1) is 11.0. The van der Waals surface area contributed by atoms with Crippen molar-refractivity contribution in [3.05, 3.63) is 35.9 Å². The van der Waals surface area contributed by atoms with Gasteiger partial charge in [-0.05, 0) is 20.8 Å². The molecular weight excluding hydrogens is 374 g/mol. The van der Waals surface area contributed by atoms with Gasteiger partial charge in [0, 0.05) is 56.4 Å². The Morgan fingerprint density at radius 2 is 0.760 bits per heavy atom. The molecule has 0 bridgehead atoms. The standard InChI is InChI=1S/3C5H9NO2.Fe/c3*1-4(7)3-5(8)6-2;/h3*3,6,8H,1-2H3;. The smallest absolute Gasteiger partial charge is 0.187 e. The number of ketones is 3. The van der Waals surface area contributed by atoms with Crippen molar-refractivity contribution >= 4 is 17.3 Å². The van der Waals surface area contributed by atoms with Crippen LogP contribution in [-0.4, -0.2) is 53.8 Å². The summed E-state index contributed by atoms with van der Waals surface area (Å²) in [6, 6.07) is 0. The molecule has 0 atom stereocenters. The van der Waals surface area contributed by atoms with Crippen molar-refractivity contribution in [2.45, 2.75) is 20.8 Å². The molecule has 0 aliphatic rings. The zero-order valence-corrected chi connectivity index (χ0v) is 16.3.